The first kappa shape index (κ1) is 20.9. The minimum atomic E-state index is -0.532. The second-order valence-electron chi connectivity index (χ2n) is 7.92. The predicted octanol–water partition coefficient (Wildman–Crippen LogP) is 4.00. The number of likely N-dealkylation sites (tertiary alicyclic amines) is 1. The molecule has 1 aliphatic heterocycles. The number of hydrogen-bond donors (Lipinski definition) is 1. The summed E-state index contributed by atoms with van der Waals surface area (Å²) in [5, 5.41) is 3.07. The molecule has 154 valence electrons. The lowest BCUT2D eigenvalue weighted by Gasteiger charge is -2.33. The fraction of sp³-hybridized carbons (Fsp3) is 0.417. The van der Waals surface area contributed by atoms with Crippen LogP contribution in [0.15, 0.2) is 54.6 Å². The Hall–Kier alpha value is -2.82. The molecule has 0 radical (unpaired) electrons. The van der Waals surface area contributed by atoms with E-state index < -0.39 is 6.10 Å². The maximum absolute atomic E-state index is 12.7. The molecular weight excluding hydrogens is 364 g/mol. The summed E-state index contributed by atoms with van der Waals surface area (Å²) < 4.78 is 5.85. The second-order valence-corrected chi connectivity index (χ2v) is 7.92. The number of rotatable bonds is 6. The van der Waals surface area contributed by atoms with E-state index in [1.165, 1.54) is 5.56 Å². The Labute approximate surface area is 173 Å². The van der Waals surface area contributed by atoms with E-state index in [4.69, 9.17) is 4.74 Å². The van der Waals surface area contributed by atoms with Gasteiger partial charge in [0.2, 0.25) is 0 Å². The molecule has 0 aliphatic carbocycles. The van der Waals surface area contributed by atoms with Crippen LogP contribution in [0.1, 0.15) is 55.5 Å². The molecule has 1 fully saturated rings. The molecule has 0 bridgehead atoms. The van der Waals surface area contributed by atoms with E-state index in [0.717, 1.165) is 12.8 Å². The van der Waals surface area contributed by atoms with E-state index in [-0.39, 0.29) is 17.9 Å². The average Bonchev–Trinajstić information content (AvgIpc) is 2.74. The summed E-state index contributed by atoms with van der Waals surface area (Å²) in [6.45, 7) is 7.33. The van der Waals surface area contributed by atoms with Crippen LogP contribution in [-0.2, 0) is 4.79 Å². The van der Waals surface area contributed by atoms with Gasteiger partial charge in [0.15, 0.2) is 6.10 Å². The topological polar surface area (TPSA) is 58.6 Å². The molecule has 1 saturated heterocycles. The molecule has 5 heteroatoms. The quantitative estimate of drug-likeness (QED) is 0.806. The van der Waals surface area contributed by atoms with Crippen molar-refractivity contribution in [2.75, 3.05) is 13.1 Å². The van der Waals surface area contributed by atoms with Crippen LogP contribution in [0.3, 0.4) is 0 Å². The highest BCUT2D eigenvalue weighted by molar-refractivity contribution is 5.94. The molecule has 0 aromatic heterocycles. The molecule has 3 rings (SSSR count). The Kier molecular flexibility index (Phi) is 6.91. The molecular formula is C24H30N2O3. The van der Waals surface area contributed by atoms with Gasteiger partial charge in [-0.1, -0.05) is 44.2 Å². The molecule has 2 aromatic rings. The number of nitrogens with zero attached hydrogens (tertiary/aromatic N) is 1. The minimum absolute atomic E-state index is 0.00854. The molecule has 2 amide bonds. The zero-order valence-corrected chi connectivity index (χ0v) is 17.4. The van der Waals surface area contributed by atoms with Crippen molar-refractivity contribution in [3.8, 4) is 5.75 Å². The van der Waals surface area contributed by atoms with Gasteiger partial charge in [0, 0.05) is 24.7 Å². The molecule has 1 heterocycles. The molecule has 5 nitrogen and oxygen atoms in total. The van der Waals surface area contributed by atoms with Crippen LogP contribution >= 0.6 is 0 Å². The lowest BCUT2D eigenvalue weighted by molar-refractivity contribution is -0.139. The van der Waals surface area contributed by atoms with Crippen LogP contribution in [0.5, 0.6) is 5.75 Å². The van der Waals surface area contributed by atoms with E-state index in [2.05, 4.69) is 19.2 Å². The number of nitrogens with one attached hydrogen (secondary N) is 1. The van der Waals surface area contributed by atoms with E-state index in [0.29, 0.717) is 30.3 Å². The van der Waals surface area contributed by atoms with Gasteiger partial charge in [-0.2, -0.15) is 0 Å². The first-order chi connectivity index (χ1) is 13.9. The van der Waals surface area contributed by atoms with Gasteiger partial charge in [-0.25, -0.2) is 0 Å². The Morgan fingerprint density at radius 3 is 2.17 bits per heavy atom. The van der Waals surface area contributed by atoms with Crippen molar-refractivity contribution in [1.29, 1.82) is 0 Å². The van der Waals surface area contributed by atoms with Crippen molar-refractivity contribution < 1.29 is 14.3 Å². The highest BCUT2D eigenvalue weighted by Crippen LogP contribution is 2.20. The van der Waals surface area contributed by atoms with Gasteiger partial charge in [0.1, 0.15) is 5.75 Å². The zero-order chi connectivity index (χ0) is 20.8. The number of hydrogen-bond acceptors (Lipinski definition) is 3. The predicted molar refractivity (Wildman–Crippen MR) is 114 cm³/mol. The Morgan fingerprint density at radius 2 is 1.59 bits per heavy atom. The Bertz CT molecular complexity index is 810. The summed E-state index contributed by atoms with van der Waals surface area (Å²) in [6.07, 6.45) is 0.968. The van der Waals surface area contributed by atoms with Crippen molar-refractivity contribution in [2.45, 2.75) is 51.7 Å². The fourth-order valence-electron chi connectivity index (χ4n) is 3.55. The van der Waals surface area contributed by atoms with Gasteiger partial charge in [0.25, 0.3) is 11.8 Å². The van der Waals surface area contributed by atoms with Crippen LogP contribution in [0.4, 0.5) is 0 Å². The minimum Gasteiger partial charge on any atom is -0.481 e. The maximum Gasteiger partial charge on any atom is 0.263 e. The highest BCUT2D eigenvalue weighted by atomic mass is 16.5. The molecule has 2 aromatic carbocycles. The molecule has 1 aliphatic rings. The monoisotopic (exact) mass is 394 g/mol. The number of piperidine rings is 1. The van der Waals surface area contributed by atoms with Crippen LogP contribution in [0.2, 0.25) is 0 Å². The smallest absolute Gasteiger partial charge is 0.263 e. The van der Waals surface area contributed by atoms with Crippen LogP contribution < -0.4 is 10.1 Å². The van der Waals surface area contributed by atoms with E-state index >= 15 is 0 Å². The molecule has 1 unspecified atom stereocenters. The van der Waals surface area contributed by atoms with Gasteiger partial charge >= 0.3 is 0 Å². The van der Waals surface area contributed by atoms with E-state index in [9.17, 15) is 9.59 Å². The van der Waals surface area contributed by atoms with Crippen molar-refractivity contribution in [1.82, 2.24) is 10.2 Å². The van der Waals surface area contributed by atoms with E-state index in [1.807, 2.05) is 47.4 Å². The maximum atomic E-state index is 12.7. The standard InChI is InChI=1S/C24H30N2O3/c1-17(2)19-9-11-22(12-10-19)29-18(3)24(28)26-15-13-21(14-16-26)25-23(27)20-7-5-4-6-8-20/h4-12,17-18,21H,13-16H2,1-3H3,(H,25,27). The van der Waals surface area contributed by atoms with Crippen molar-refractivity contribution in [3.63, 3.8) is 0 Å². The summed E-state index contributed by atoms with van der Waals surface area (Å²) in [6, 6.07) is 17.2. The average molecular weight is 395 g/mol. The SMILES string of the molecule is CC(Oc1ccc(C(C)C)cc1)C(=O)N1CCC(NC(=O)c2ccccc2)CC1. The van der Waals surface area contributed by atoms with Crippen molar-refractivity contribution >= 4 is 11.8 Å². The number of ether oxygens (including phenoxy) is 1. The fourth-order valence-corrected chi connectivity index (χ4v) is 3.55. The zero-order valence-electron chi connectivity index (χ0n) is 17.4. The highest BCUT2D eigenvalue weighted by Gasteiger charge is 2.27. The largest absolute Gasteiger partial charge is 0.481 e. The first-order valence-electron chi connectivity index (χ1n) is 10.4. The molecule has 1 atom stereocenters. The van der Waals surface area contributed by atoms with Gasteiger partial charge in [-0.15, -0.1) is 0 Å². The number of carbonyl (C=O) groups is 2. The lowest BCUT2D eigenvalue weighted by Crippen LogP contribution is -2.49. The molecule has 0 saturated carbocycles. The Morgan fingerprint density at radius 1 is 0.966 bits per heavy atom. The van der Waals surface area contributed by atoms with Crippen LogP contribution in [0, 0.1) is 0 Å². The van der Waals surface area contributed by atoms with Crippen molar-refractivity contribution in [2.24, 2.45) is 0 Å². The van der Waals surface area contributed by atoms with E-state index in [1.54, 1.807) is 19.1 Å². The van der Waals surface area contributed by atoms with Gasteiger partial charge in [-0.3, -0.25) is 9.59 Å². The third kappa shape index (κ3) is 5.59. The van der Waals surface area contributed by atoms with Crippen LogP contribution in [-0.4, -0.2) is 41.9 Å². The third-order valence-corrected chi connectivity index (χ3v) is 5.39. The Balaban J connectivity index is 1.47. The first-order valence-corrected chi connectivity index (χ1v) is 10.4. The summed E-state index contributed by atoms with van der Waals surface area (Å²) in [4.78, 5) is 26.9. The molecule has 1 N–H and O–H groups in total. The molecule has 29 heavy (non-hydrogen) atoms. The number of carbonyl (C=O) groups excluding carboxylic acids is 2. The number of amides is 2. The normalized spacial score (nSPS) is 15.8. The van der Waals surface area contributed by atoms with Crippen LogP contribution in [0.25, 0.3) is 0 Å². The second kappa shape index (κ2) is 9.59. The van der Waals surface area contributed by atoms with Crippen molar-refractivity contribution in [3.05, 3.63) is 65.7 Å². The van der Waals surface area contributed by atoms with Gasteiger partial charge in [0.05, 0.1) is 0 Å². The third-order valence-electron chi connectivity index (χ3n) is 5.39. The number of benzene rings is 2. The summed E-state index contributed by atoms with van der Waals surface area (Å²) in [5.41, 5.74) is 1.91. The summed E-state index contributed by atoms with van der Waals surface area (Å²) in [7, 11) is 0. The summed E-state index contributed by atoms with van der Waals surface area (Å²) >= 11 is 0. The summed E-state index contributed by atoms with van der Waals surface area (Å²) in [5.74, 6) is 1.11. The lowest BCUT2D eigenvalue weighted by atomic mass is 10.0. The van der Waals surface area contributed by atoms with Gasteiger partial charge < -0.3 is 15.0 Å². The molecule has 0 spiro atoms. The van der Waals surface area contributed by atoms with Gasteiger partial charge in [-0.05, 0) is 55.5 Å².